The zero-order valence-electron chi connectivity index (χ0n) is 17.2. The van der Waals surface area contributed by atoms with Crippen LogP contribution in [0.25, 0.3) is 11.1 Å². The standard InChI is InChI=1S/C21H26ClN5O2/c1-13-19(14(2)26(5)25-13)16-7-6-8-17(11-16)29-18-9-10-27(12-18)15(3)20(22)21(28)24-23-4/h6-8,11,18H,4,9-10,12H2,1-3,5H3,(H,24,28)/b20-15-/t18-/m1/s1. The maximum absolute atomic E-state index is 11.8. The summed E-state index contributed by atoms with van der Waals surface area (Å²) in [4.78, 5) is 13.9. The van der Waals surface area contributed by atoms with Gasteiger partial charge in [-0.1, -0.05) is 23.7 Å². The minimum atomic E-state index is -0.460. The van der Waals surface area contributed by atoms with Crippen molar-refractivity contribution in [3.05, 3.63) is 46.4 Å². The first kappa shape index (κ1) is 20.9. The van der Waals surface area contributed by atoms with E-state index in [1.807, 2.05) is 37.7 Å². The minimum absolute atomic E-state index is 0.0151. The molecule has 0 saturated carbocycles. The summed E-state index contributed by atoms with van der Waals surface area (Å²) in [5.41, 5.74) is 7.30. The van der Waals surface area contributed by atoms with Crippen LogP contribution in [0.2, 0.25) is 0 Å². The van der Waals surface area contributed by atoms with Gasteiger partial charge in [-0.2, -0.15) is 10.2 Å². The number of nitrogens with one attached hydrogen (secondary N) is 1. The average molecular weight is 416 g/mol. The van der Waals surface area contributed by atoms with Gasteiger partial charge in [0.25, 0.3) is 5.91 Å². The lowest BCUT2D eigenvalue weighted by atomic mass is 10.0. The molecule has 154 valence electrons. The first-order chi connectivity index (χ1) is 13.8. The summed E-state index contributed by atoms with van der Waals surface area (Å²) in [7, 11) is 1.95. The van der Waals surface area contributed by atoms with Crippen molar-refractivity contribution < 1.29 is 9.53 Å². The van der Waals surface area contributed by atoms with E-state index in [-0.39, 0.29) is 11.1 Å². The number of likely N-dealkylation sites (tertiary alicyclic amines) is 1. The molecule has 0 radical (unpaired) electrons. The first-order valence-corrected chi connectivity index (χ1v) is 9.84. The number of halogens is 1. The zero-order valence-corrected chi connectivity index (χ0v) is 18.0. The molecule has 1 aromatic carbocycles. The molecule has 1 N–H and O–H groups in total. The van der Waals surface area contributed by atoms with Crippen LogP contribution in [0.1, 0.15) is 24.7 Å². The lowest BCUT2D eigenvalue weighted by molar-refractivity contribution is -0.116. The smallest absolute Gasteiger partial charge is 0.284 e. The number of hydrogen-bond acceptors (Lipinski definition) is 5. The van der Waals surface area contributed by atoms with Crippen LogP contribution in [0.15, 0.2) is 40.1 Å². The number of carbonyl (C=O) groups is 1. The summed E-state index contributed by atoms with van der Waals surface area (Å²) in [6.07, 6.45) is 0.860. The van der Waals surface area contributed by atoms with Crippen molar-refractivity contribution in [3.8, 4) is 16.9 Å². The summed E-state index contributed by atoms with van der Waals surface area (Å²) in [6.45, 7) is 10.6. The Bertz CT molecular complexity index is 966. The van der Waals surface area contributed by atoms with Gasteiger partial charge >= 0.3 is 0 Å². The monoisotopic (exact) mass is 415 g/mol. The summed E-state index contributed by atoms with van der Waals surface area (Å²) in [5, 5.41) is 7.98. The summed E-state index contributed by atoms with van der Waals surface area (Å²) in [6, 6.07) is 8.09. The maximum Gasteiger partial charge on any atom is 0.284 e. The van der Waals surface area contributed by atoms with Gasteiger partial charge in [0, 0.05) is 43.7 Å². The fraction of sp³-hybridized carbons (Fsp3) is 0.381. The average Bonchev–Trinajstić information content (AvgIpc) is 3.25. The Morgan fingerprint density at radius 1 is 1.41 bits per heavy atom. The van der Waals surface area contributed by atoms with Gasteiger partial charge in [-0.05, 0) is 38.5 Å². The van der Waals surface area contributed by atoms with E-state index in [4.69, 9.17) is 16.3 Å². The van der Waals surface area contributed by atoms with Crippen molar-refractivity contribution in [2.45, 2.75) is 33.3 Å². The Kier molecular flexibility index (Phi) is 6.27. The van der Waals surface area contributed by atoms with Gasteiger partial charge in [0.05, 0.1) is 12.2 Å². The molecule has 1 atom stereocenters. The third-order valence-electron chi connectivity index (χ3n) is 5.25. The summed E-state index contributed by atoms with van der Waals surface area (Å²) >= 11 is 6.16. The van der Waals surface area contributed by atoms with Gasteiger partial charge in [-0.15, -0.1) is 0 Å². The van der Waals surface area contributed by atoms with E-state index in [2.05, 4.69) is 46.3 Å². The number of hydrazone groups is 1. The van der Waals surface area contributed by atoms with Crippen LogP contribution in [-0.2, 0) is 11.8 Å². The Balaban J connectivity index is 1.72. The van der Waals surface area contributed by atoms with Crippen molar-refractivity contribution in [2.24, 2.45) is 12.1 Å². The van der Waals surface area contributed by atoms with Crippen molar-refractivity contribution in [2.75, 3.05) is 13.1 Å². The zero-order chi connectivity index (χ0) is 21.1. The predicted octanol–water partition coefficient (Wildman–Crippen LogP) is 3.36. The predicted molar refractivity (Wildman–Crippen MR) is 115 cm³/mol. The number of aryl methyl sites for hydroxylation is 2. The van der Waals surface area contributed by atoms with E-state index < -0.39 is 5.91 Å². The molecule has 1 saturated heterocycles. The largest absolute Gasteiger partial charge is 0.488 e. The highest BCUT2D eigenvalue weighted by atomic mass is 35.5. The number of allylic oxidation sites excluding steroid dienone is 1. The first-order valence-electron chi connectivity index (χ1n) is 9.46. The molecule has 1 fully saturated rings. The number of nitrogens with zero attached hydrogens (tertiary/aromatic N) is 4. The molecule has 7 nitrogen and oxygen atoms in total. The Morgan fingerprint density at radius 3 is 2.83 bits per heavy atom. The Labute approximate surface area is 176 Å². The van der Waals surface area contributed by atoms with Crippen LogP contribution in [-0.4, -0.2) is 46.5 Å². The molecule has 1 amide bonds. The van der Waals surface area contributed by atoms with Crippen LogP contribution < -0.4 is 10.2 Å². The minimum Gasteiger partial charge on any atom is -0.488 e. The molecule has 0 unspecified atom stereocenters. The lowest BCUT2D eigenvalue weighted by Crippen LogP contribution is -2.26. The third-order valence-corrected chi connectivity index (χ3v) is 5.70. The number of rotatable bonds is 6. The molecule has 0 spiro atoms. The van der Waals surface area contributed by atoms with E-state index >= 15 is 0 Å². The summed E-state index contributed by atoms with van der Waals surface area (Å²) in [5.74, 6) is 0.358. The number of amides is 1. The quantitative estimate of drug-likeness (QED) is 0.446. The molecule has 3 rings (SSSR count). The van der Waals surface area contributed by atoms with Gasteiger partial charge < -0.3 is 9.64 Å². The molecule has 0 bridgehead atoms. The molecular formula is C21H26ClN5O2. The highest BCUT2D eigenvalue weighted by Crippen LogP contribution is 2.30. The Morgan fingerprint density at radius 2 is 2.17 bits per heavy atom. The third kappa shape index (κ3) is 4.45. The highest BCUT2D eigenvalue weighted by Gasteiger charge is 2.26. The molecule has 1 aliphatic heterocycles. The van der Waals surface area contributed by atoms with Crippen LogP contribution in [0.3, 0.4) is 0 Å². The van der Waals surface area contributed by atoms with Crippen LogP contribution >= 0.6 is 11.6 Å². The van der Waals surface area contributed by atoms with Crippen LogP contribution in [0, 0.1) is 13.8 Å². The number of carbonyl (C=O) groups excluding carboxylic acids is 1. The van der Waals surface area contributed by atoms with Gasteiger partial charge in [0.15, 0.2) is 0 Å². The fourth-order valence-electron chi connectivity index (χ4n) is 3.66. The van der Waals surface area contributed by atoms with Crippen molar-refractivity contribution in [3.63, 3.8) is 0 Å². The SMILES string of the molecule is C=NNC(=O)/C(Cl)=C(\C)N1CC[C@@H](Oc2cccc(-c3c(C)nn(C)c3C)c2)C1. The molecule has 1 aromatic heterocycles. The second kappa shape index (κ2) is 8.69. The lowest BCUT2D eigenvalue weighted by Gasteiger charge is -2.20. The Hall–Kier alpha value is -2.80. The molecule has 1 aliphatic rings. The number of benzene rings is 1. The molecule has 29 heavy (non-hydrogen) atoms. The van der Waals surface area contributed by atoms with Crippen molar-refractivity contribution in [1.29, 1.82) is 0 Å². The van der Waals surface area contributed by atoms with Crippen molar-refractivity contribution >= 4 is 24.2 Å². The van der Waals surface area contributed by atoms with Gasteiger partial charge in [0.2, 0.25) is 0 Å². The molecule has 2 heterocycles. The van der Waals surface area contributed by atoms with Crippen LogP contribution in [0.4, 0.5) is 0 Å². The van der Waals surface area contributed by atoms with Gasteiger partial charge in [-0.3, -0.25) is 9.48 Å². The molecule has 2 aromatic rings. The molecular weight excluding hydrogens is 390 g/mol. The number of hydrogen-bond donors (Lipinski definition) is 1. The van der Waals surface area contributed by atoms with Crippen molar-refractivity contribution in [1.82, 2.24) is 20.1 Å². The molecule has 0 aliphatic carbocycles. The second-order valence-corrected chi connectivity index (χ2v) is 7.55. The van der Waals surface area contributed by atoms with Crippen LogP contribution in [0.5, 0.6) is 5.75 Å². The number of ether oxygens (including phenoxy) is 1. The van der Waals surface area contributed by atoms with Gasteiger partial charge in [-0.25, -0.2) is 5.43 Å². The van der Waals surface area contributed by atoms with E-state index in [0.717, 1.165) is 41.2 Å². The van der Waals surface area contributed by atoms with E-state index in [0.29, 0.717) is 12.2 Å². The van der Waals surface area contributed by atoms with E-state index in [1.54, 1.807) is 0 Å². The fourth-order valence-corrected chi connectivity index (χ4v) is 3.82. The topological polar surface area (TPSA) is 71.8 Å². The normalized spacial score (nSPS) is 17.1. The maximum atomic E-state index is 11.8. The number of aromatic nitrogens is 2. The van der Waals surface area contributed by atoms with Gasteiger partial charge in [0.1, 0.15) is 16.9 Å². The summed E-state index contributed by atoms with van der Waals surface area (Å²) < 4.78 is 8.12. The van der Waals surface area contributed by atoms with E-state index in [1.165, 1.54) is 0 Å². The van der Waals surface area contributed by atoms with E-state index in [9.17, 15) is 4.79 Å². The second-order valence-electron chi connectivity index (χ2n) is 7.17. The molecule has 8 heteroatoms. The highest BCUT2D eigenvalue weighted by molar-refractivity contribution is 6.42.